The molecular formula is C28H30FN3O3. The smallest absolute Gasteiger partial charge is 0.222 e. The van der Waals surface area contributed by atoms with E-state index >= 15 is 0 Å². The van der Waals surface area contributed by atoms with Crippen LogP contribution in [0.1, 0.15) is 24.2 Å². The van der Waals surface area contributed by atoms with Crippen LogP contribution in [0, 0.1) is 5.82 Å². The fourth-order valence-electron chi connectivity index (χ4n) is 4.02. The van der Waals surface area contributed by atoms with E-state index in [1.54, 1.807) is 36.2 Å². The predicted octanol–water partition coefficient (Wildman–Crippen LogP) is 5.94. The van der Waals surface area contributed by atoms with E-state index in [1.807, 2.05) is 42.5 Å². The fraction of sp³-hybridized carbons (Fsp3) is 0.250. The van der Waals surface area contributed by atoms with Crippen LogP contribution in [0.2, 0.25) is 0 Å². The van der Waals surface area contributed by atoms with E-state index in [0.717, 1.165) is 29.0 Å². The van der Waals surface area contributed by atoms with Gasteiger partial charge in [0.25, 0.3) is 0 Å². The van der Waals surface area contributed by atoms with Crippen molar-refractivity contribution in [3.05, 3.63) is 103 Å². The van der Waals surface area contributed by atoms with Crippen LogP contribution in [0.3, 0.4) is 0 Å². The average Bonchev–Trinajstić information content (AvgIpc) is 3.47. The minimum atomic E-state index is -0.535. The number of aliphatic hydroxyl groups is 1. The van der Waals surface area contributed by atoms with Crippen molar-refractivity contribution in [2.24, 2.45) is 7.05 Å². The lowest BCUT2D eigenvalue weighted by molar-refractivity contribution is 0.0941. The van der Waals surface area contributed by atoms with Crippen molar-refractivity contribution < 1.29 is 18.7 Å². The number of aliphatic hydroxyl groups excluding tert-OH is 1. The largest absolute Gasteiger partial charge is 0.468 e. The van der Waals surface area contributed by atoms with Gasteiger partial charge in [0.2, 0.25) is 5.88 Å². The number of rotatable bonds is 12. The Kier molecular flexibility index (Phi) is 8.13. The maximum atomic E-state index is 13.9. The summed E-state index contributed by atoms with van der Waals surface area (Å²) in [6, 6.07) is 19.7. The molecule has 2 aromatic carbocycles. The first kappa shape index (κ1) is 24.4. The number of aromatic nitrogens is 2. The number of furan rings is 1. The van der Waals surface area contributed by atoms with Gasteiger partial charge >= 0.3 is 0 Å². The molecule has 6 nitrogen and oxygen atoms in total. The van der Waals surface area contributed by atoms with E-state index in [0.29, 0.717) is 37.7 Å². The van der Waals surface area contributed by atoms with Crippen molar-refractivity contribution in [2.45, 2.75) is 32.0 Å². The molecule has 0 saturated carbocycles. The van der Waals surface area contributed by atoms with Gasteiger partial charge in [-0.1, -0.05) is 42.5 Å². The van der Waals surface area contributed by atoms with Crippen LogP contribution < -0.4 is 4.74 Å². The quantitative estimate of drug-likeness (QED) is 0.257. The number of aryl methyl sites for hydroxylation is 1. The molecule has 0 saturated heterocycles. The molecule has 0 spiro atoms. The molecule has 1 atom stereocenters. The lowest BCUT2D eigenvalue weighted by Crippen LogP contribution is -2.31. The first-order valence-electron chi connectivity index (χ1n) is 11.6. The van der Waals surface area contributed by atoms with Crippen molar-refractivity contribution in [3.63, 3.8) is 0 Å². The van der Waals surface area contributed by atoms with Gasteiger partial charge < -0.3 is 14.3 Å². The summed E-state index contributed by atoms with van der Waals surface area (Å²) < 4.78 is 27.3. The molecule has 0 amide bonds. The molecule has 0 aliphatic rings. The minimum absolute atomic E-state index is 0.376. The number of hydrogen-bond acceptors (Lipinski definition) is 5. The Morgan fingerprint density at radius 1 is 1.14 bits per heavy atom. The Balaban J connectivity index is 1.71. The molecule has 182 valence electrons. The second-order valence-corrected chi connectivity index (χ2v) is 8.45. The van der Waals surface area contributed by atoms with Crippen LogP contribution in [0.15, 0.2) is 90.1 Å². The molecule has 1 N–H and O–H groups in total. The first-order chi connectivity index (χ1) is 17.0. The van der Waals surface area contributed by atoms with E-state index in [9.17, 15) is 9.50 Å². The van der Waals surface area contributed by atoms with E-state index in [-0.39, 0.29) is 5.82 Å². The maximum Gasteiger partial charge on any atom is 0.222 e. The van der Waals surface area contributed by atoms with Crippen molar-refractivity contribution in [1.82, 2.24) is 14.7 Å². The zero-order valence-electron chi connectivity index (χ0n) is 19.8. The number of benzene rings is 2. The van der Waals surface area contributed by atoms with E-state index in [2.05, 4.69) is 11.5 Å². The Hall–Kier alpha value is -3.68. The Labute approximate surface area is 204 Å². The van der Waals surface area contributed by atoms with Crippen molar-refractivity contribution in [1.29, 1.82) is 0 Å². The molecule has 7 heteroatoms. The van der Waals surface area contributed by atoms with Crippen molar-refractivity contribution in [3.8, 4) is 22.9 Å². The Bertz CT molecular complexity index is 1220. The van der Waals surface area contributed by atoms with Gasteiger partial charge in [-0.15, -0.1) is 6.58 Å². The Morgan fingerprint density at radius 3 is 2.69 bits per heavy atom. The summed E-state index contributed by atoms with van der Waals surface area (Å²) in [6.07, 6.45) is 4.25. The summed E-state index contributed by atoms with van der Waals surface area (Å²) >= 11 is 0. The van der Waals surface area contributed by atoms with Crippen molar-refractivity contribution in [2.75, 3.05) is 6.54 Å². The van der Waals surface area contributed by atoms with Gasteiger partial charge in [-0.3, -0.25) is 4.90 Å². The highest BCUT2D eigenvalue weighted by molar-refractivity contribution is 5.65. The van der Waals surface area contributed by atoms with Crippen LogP contribution in [-0.2, 0) is 20.1 Å². The lowest BCUT2D eigenvalue weighted by atomic mass is 10.1. The van der Waals surface area contributed by atoms with Gasteiger partial charge in [-0.2, -0.15) is 5.10 Å². The third kappa shape index (κ3) is 6.47. The fourth-order valence-corrected chi connectivity index (χ4v) is 4.02. The molecule has 0 fully saturated rings. The Morgan fingerprint density at radius 2 is 1.97 bits per heavy atom. The van der Waals surface area contributed by atoms with Gasteiger partial charge in [0.1, 0.15) is 23.0 Å². The summed E-state index contributed by atoms with van der Waals surface area (Å²) in [5.74, 6) is 1.31. The molecule has 0 unspecified atom stereocenters. The standard InChI is InChI=1S/C28H30FN3O3/c1-3-4-13-23(33)18-32(19-25-15-9-16-34-25)20-26-27(21-10-6-5-7-11-21)30-31(2)28(26)35-24-14-8-12-22(29)17-24/h3,5-12,14-17,23,33H,1,4,13,18-20H2,2H3/t23-/m1/s1. The van der Waals surface area contributed by atoms with Crippen LogP contribution >= 0.6 is 0 Å². The van der Waals surface area contributed by atoms with Gasteiger partial charge in [-0.25, -0.2) is 9.07 Å². The minimum Gasteiger partial charge on any atom is -0.468 e. The predicted molar refractivity (Wildman–Crippen MR) is 133 cm³/mol. The van der Waals surface area contributed by atoms with E-state index in [1.165, 1.54) is 12.1 Å². The molecule has 0 radical (unpaired) electrons. The van der Waals surface area contributed by atoms with Gasteiger partial charge in [0.15, 0.2) is 0 Å². The molecule has 2 heterocycles. The third-order valence-corrected chi connectivity index (χ3v) is 5.66. The van der Waals surface area contributed by atoms with Crippen LogP contribution in [0.25, 0.3) is 11.3 Å². The van der Waals surface area contributed by atoms with Gasteiger partial charge in [-0.05, 0) is 37.1 Å². The summed E-state index contributed by atoms with van der Waals surface area (Å²) in [5, 5.41) is 15.4. The highest BCUT2D eigenvalue weighted by Crippen LogP contribution is 2.34. The summed E-state index contributed by atoms with van der Waals surface area (Å²) in [6.45, 7) is 5.12. The average molecular weight is 476 g/mol. The molecular weight excluding hydrogens is 445 g/mol. The first-order valence-corrected chi connectivity index (χ1v) is 11.6. The monoisotopic (exact) mass is 475 g/mol. The number of hydrogen-bond donors (Lipinski definition) is 1. The van der Waals surface area contributed by atoms with Gasteiger partial charge in [0.05, 0.1) is 24.5 Å². The van der Waals surface area contributed by atoms with Crippen LogP contribution in [-0.4, -0.2) is 32.4 Å². The molecule has 0 aliphatic carbocycles. The molecule has 2 aromatic heterocycles. The molecule has 0 aliphatic heterocycles. The molecule has 35 heavy (non-hydrogen) atoms. The highest BCUT2D eigenvalue weighted by atomic mass is 19.1. The number of halogens is 1. The number of ether oxygens (including phenoxy) is 1. The molecule has 4 rings (SSSR count). The summed E-state index contributed by atoms with van der Waals surface area (Å²) in [4.78, 5) is 2.11. The molecule has 0 bridgehead atoms. The third-order valence-electron chi connectivity index (χ3n) is 5.66. The zero-order chi connectivity index (χ0) is 24.6. The van der Waals surface area contributed by atoms with Gasteiger partial charge in [0, 0.05) is 31.8 Å². The van der Waals surface area contributed by atoms with Crippen LogP contribution in [0.5, 0.6) is 11.6 Å². The number of allylic oxidation sites excluding steroid dienone is 1. The second kappa shape index (κ2) is 11.6. The zero-order valence-corrected chi connectivity index (χ0v) is 19.8. The summed E-state index contributed by atoms with van der Waals surface area (Å²) in [7, 11) is 1.81. The highest BCUT2D eigenvalue weighted by Gasteiger charge is 2.24. The SMILES string of the molecule is C=CCC[C@@H](O)CN(Cc1ccco1)Cc1c(-c2ccccc2)nn(C)c1Oc1cccc(F)c1. The van der Waals surface area contributed by atoms with E-state index < -0.39 is 6.10 Å². The normalized spacial score (nSPS) is 12.1. The molecule has 4 aromatic rings. The number of nitrogens with zero attached hydrogens (tertiary/aromatic N) is 3. The maximum absolute atomic E-state index is 13.9. The topological polar surface area (TPSA) is 63.7 Å². The van der Waals surface area contributed by atoms with E-state index in [4.69, 9.17) is 14.3 Å². The van der Waals surface area contributed by atoms with Crippen LogP contribution in [0.4, 0.5) is 4.39 Å². The lowest BCUT2D eigenvalue weighted by Gasteiger charge is -2.24. The second-order valence-electron chi connectivity index (χ2n) is 8.45. The summed E-state index contributed by atoms with van der Waals surface area (Å²) in [5.41, 5.74) is 2.55. The van der Waals surface area contributed by atoms with Crippen molar-refractivity contribution >= 4 is 0 Å².